The molecule has 0 radical (unpaired) electrons. The molecule has 0 amide bonds. The molecule has 0 atom stereocenters. The van der Waals surface area contributed by atoms with Crippen LogP contribution in [0.5, 0.6) is 0 Å². The lowest BCUT2D eigenvalue weighted by molar-refractivity contribution is 1.41. The van der Waals surface area contributed by atoms with Crippen molar-refractivity contribution in [2.24, 2.45) is 0 Å². The molecule has 0 fully saturated rings. The second-order valence-corrected chi connectivity index (χ2v) is 8.76. The van der Waals surface area contributed by atoms with Crippen LogP contribution in [0, 0.1) is 0 Å². The molecule has 2 aromatic heterocycles. The lowest BCUT2D eigenvalue weighted by Crippen LogP contribution is -1.85. The van der Waals surface area contributed by atoms with E-state index in [0.29, 0.717) is 0 Å². The maximum Gasteiger partial charge on any atom is 0.0702 e. The van der Waals surface area contributed by atoms with E-state index in [4.69, 9.17) is 0 Å². The summed E-state index contributed by atoms with van der Waals surface area (Å²) in [5, 5.41) is 7.37. The van der Waals surface area contributed by atoms with Crippen LogP contribution in [0.3, 0.4) is 0 Å². The Balaban J connectivity index is 1.36. The van der Waals surface area contributed by atoms with Gasteiger partial charge < -0.3 is 0 Å². The molecule has 0 saturated carbocycles. The van der Waals surface area contributed by atoms with Crippen molar-refractivity contribution in [3.63, 3.8) is 0 Å². The maximum atomic E-state index is 4.45. The van der Waals surface area contributed by atoms with Gasteiger partial charge in [0.2, 0.25) is 0 Å². The number of hydrogen-bond acceptors (Lipinski definition) is 2. The molecule has 7 aromatic rings. The van der Waals surface area contributed by atoms with Gasteiger partial charge in [0, 0.05) is 23.2 Å². The summed E-state index contributed by atoms with van der Waals surface area (Å²) in [7, 11) is 0. The van der Waals surface area contributed by atoms with Crippen LogP contribution in [0.2, 0.25) is 0 Å². The summed E-state index contributed by atoms with van der Waals surface area (Å²) < 4.78 is 0. The van der Waals surface area contributed by atoms with Crippen LogP contribution in [0.4, 0.5) is 0 Å². The second kappa shape index (κ2) is 7.50. The molecule has 0 aliphatic heterocycles. The third-order valence-corrected chi connectivity index (χ3v) is 6.71. The van der Waals surface area contributed by atoms with Crippen molar-refractivity contribution in [3.05, 3.63) is 122 Å². The molecular formula is C32H20N2. The van der Waals surface area contributed by atoms with Crippen LogP contribution in [-0.4, -0.2) is 9.97 Å². The highest BCUT2D eigenvalue weighted by atomic mass is 14.6. The van der Waals surface area contributed by atoms with Gasteiger partial charge in [-0.15, -0.1) is 0 Å². The average Bonchev–Trinajstić information content (AvgIpc) is 2.91. The van der Waals surface area contributed by atoms with E-state index in [0.717, 1.165) is 21.8 Å². The summed E-state index contributed by atoms with van der Waals surface area (Å²) in [6.45, 7) is 0. The third-order valence-electron chi connectivity index (χ3n) is 6.71. The molecule has 0 bridgehead atoms. The number of hydrogen-bond donors (Lipinski definition) is 0. The predicted molar refractivity (Wildman–Crippen MR) is 143 cm³/mol. The Bertz CT molecular complexity index is 1870. The topological polar surface area (TPSA) is 25.8 Å². The number of benzene rings is 5. The van der Waals surface area contributed by atoms with E-state index in [1.54, 1.807) is 0 Å². The van der Waals surface area contributed by atoms with Gasteiger partial charge in [-0.1, -0.05) is 60.7 Å². The molecule has 0 spiro atoms. The zero-order valence-corrected chi connectivity index (χ0v) is 18.4. The number of rotatable bonds is 2. The Hall–Kier alpha value is -4.56. The minimum absolute atomic E-state index is 1.02. The smallest absolute Gasteiger partial charge is 0.0702 e. The summed E-state index contributed by atoms with van der Waals surface area (Å²) in [5.41, 5.74) is 6.90. The second-order valence-electron chi connectivity index (χ2n) is 8.76. The predicted octanol–water partition coefficient (Wildman–Crippen LogP) is 8.42. The van der Waals surface area contributed by atoms with Gasteiger partial charge >= 0.3 is 0 Å². The fourth-order valence-corrected chi connectivity index (χ4v) is 4.93. The standard InChI is InChI=1S/C32H20N2/c1-3-27-18-23(10-13-31(27)33-15-1)22-9-12-29-26(17-22)8-6-21-5-7-25(20-30(21)29)24-11-14-32-28(19-24)4-2-16-34-32/h1-20H. The molecule has 5 aromatic carbocycles. The molecule has 2 heteroatoms. The van der Waals surface area contributed by atoms with Crippen LogP contribution in [0.25, 0.3) is 65.6 Å². The molecule has 0 unspecified atom stereocenters. The van der Waals surface area contributed by atoms with E-state index >= 15 is 0 Å². The normalized spacial score (nSPS) is 11.5. The first-order chi connectivity index (χ1) is 16.8. The van der Waals surface area contributed by atoms with Crippen LogP contribution in [0.1, 0.15) is 0 Å². The van der Waals surface area contributed by atoms with Crippen molar-refractivity contribution in [1.29, 1.82) is 0 Å². The van der Waals surface area contributed by atoms with E-state index in [1.165, 1.54) is 43.8 Å². The highest BCUT2D eigenvalue weighted by molar-refractivity contribution is 6.10. The minimum Gasteiger partial charge on any atom is -0.256 e. The summed E-state index contributed by atoms with van der Waals surface area (Å²) in [5.74, 6) is 0. The van der Waals surface area contributed by atoms with Crippen molar-refractivity contribution < 1.29 is 0 Å². The monoisotopic (exact) mass is 432 g/mol. The van der Waals surface area contributed by atoms with Gasteiger partial charge in [-0.25, -0.2) is 0 Å². The molecule has 0 aliphatic carbocycles. The van der Waals surface area contributed by atoms with Crippen LogP contribution in [-0.2, 0) is 0 Å². The Labute approximate surface area is 197 Å². The largest absolute Gasteiger partial charge is 0.256 e. The lowest BCUT2D eigenvalue weighted by atomic mass is 9.94. The third kappa shape index (κ3) is 3.12. The van der Waals surface area contributed by atoms with E-state index in [-0.39, 0.29) is 0 Å². The molecule has 7 rings (SSSR count). The number of pyridine rings is 2. The van der Waals surface area contributed by atoms with E-state index < -0.39 is 0 Å². The molecule has 0 aliphatic rings. The van der Waals surface area contributed by atoms with Gasteiger partial charge in [-0.05, 0) is 92.3 Å². The van der Waals surface area contributed by atoms with Crippen LogP contribution in [0.15, 0.2) is 122 Å². The first kappa shape index (κ1) is 19.0. The summed E-state index contributed by atoms with van der Waals surface area (Å²) >= 11 is 0. The molecule has 158 valence electrons. The quantitative estimate of drug-likeness (QED) is 0.256. The van der Waals surface area contributed by atoms with Gasteiger partial charge in [0.1, 0.15) is 0 Å². The summed E-state index contributed by atoms with van der Waals surface area (Å²) in [6.07, 6.45) is 3.68. The Morgan fingerprint density at radius 3 is 1.53 bits per heavy atom. The van der Waals surface area contributed by atoms with Gasteiger partial charge in [-0.3, -0.25) is 9.97 Å². The Morgan fingerprint density at radius 1 is 0.353 bits per heavy atom. The summed E-state index contributed by atoms with van der Waals surface area (Å²) in [4.78, 5) is 8.90. The van der Waals surface area contributed by atoms with Gasteiger partial charge in [0.15, 0.2) is 0 Å². The minimum atomic E-state index is 1.02. The summed E-state index contributed by atoms with van der Waals surface area (Å²) in [6, 6.07) is 39.2. The van der Waals surface area contributed by atoms with Crippen molar-refractivity contribution in [3.8, 4) is 22.3 Å². The molecule has 34 heavy (non-hydrogen) atoms. The van der Waals surface area contributed by atoms with E-state index in [9.17, 15) is 0 Å². The highest BCUT2D eigenvalue weighted by Gasteiger charge is 2.07. The van der Waals surface area contributed by atoms with Crippen LogP contribution >= 0.6 is 0 Å². The average molecular weight is 433 g/mol. The lowest BCUT2D eigenvalue weighted by Gasteiger charge is -2.10. The van der Waals surface area contributed by atoms with Crippen molar-refractivity contribution in [2.75, 3.05) is 0 Å². The Kier molecular flexibility index (Phi) is 4.18. The number of aromatic nitrogens is 2. The van der Waals surface area contributed by atoms with E-state index in [2.05, 4.69) is 107 Å². The zero-order valence-electron chi connectivity index (χ0n) is 18.4. The fraction of sp³-hybridized carbons (Fsp3) is 0. The number of fused-ring (bicyclic) bond motifs is 5. The molecule has 2 nitrogen and oxygen atoms in total. The van der Waals surface area contributed by atoms with Crippen LogP contribution < -0.4 is 0 Å². The number of nitrogens with zero attached hydrogens (tertiary/aromatic N) is 2. The van der Waals surface area contributed by atoms with Crippen molar-refractivity contribution in [1.82, 2.24) is 9.97 Å². The first-order valence-corrected chi connectivity index (χ1v) is 11.5. The van der Waals surface area contributed by atoms with Gasteiger partial charge in [0.25, 0.3) is 0 Å². The molecule has 2 heterocycles. The molecular weight excluding hydrogens is 412 g/mol. The molecule has 0 saturated heterocycles. The Morgan fingerprint density at radius 2 is 0.853 bits per heavy atom. The SMILES string of the molecule is c1cnc2ccc(-c3ccc4c(ccc5ccc(-c6ccc7ncccc7c6)cc54)c3)cc2c1. The zero-order chi connectivity index (χ0) is 22.5. The van der Waals surface area contributed by atoms with Gasteiger partial charge in [0.05, 0.1) is 11.0 Å². The first-order valence-electron chi connectivity index (χ1n) is 11.5. The fourth-order valence-electron chi connectivity index (χ4n) is 4.93. The van der Waals surface area contributed by atoms with Crippen molar-refractivity contribution >= 4 is 43.4 Å². The maximum absolute atomic E-state index is 4.45. The highest BCUT2D eigenvalue weighted by Crippen LogP contribution is 2.33. The molecule has 0 N–H and O–H groups in total. The van der Waals surface area contributed by atoms with E-state index in [1.807, 2.05) is 24.5 Å². The van der Waals surface area contributed by atoms with Gasteiger partial charge in [-0.2, -0.15) is 0 Å². The van der Waals surface area contributed by atoms with Crippen molar-refractivity contribution in [2.45, 2.75) is 0 Å².